The summed E-state index contributed by atoms with van der Waals surface area (Å²) in [6, 6.07) is 14.9. The molecule has 28 heavy (non-hydrogen) atoms. The van der Waals surface area contributed by atoms with E-state index >= 15 is 0 Å². The summed E-state index contributed by atoms with van der Waals surface area (Å²) in [5.74, 6) is 0.448. The van der Waals surface area contributed by atoms with Crippen LogP contribution in [0.25, 0.3) is 0 Å². The number of ketones is 1. The summed E-state index contributed by atoms with van der Waals surface area (Å²) < 4.78 is 5.51. The lowest BCUT2D eigenvalue weighted by molar-refractivity contribution is -0.118. The average molecular weight is 380 g/mol. The van der Waals surface area contributed by atoms with E-state index in [1.165, 1.54) is 31.4 Å². The van der Waals surface area contributed by atoms with Crippen molar-refractivity contribution in [1.29, 1.82) is 0 Å². The fourth-order valence-corrected chi connectivity index (χ4v) is 3.37. The van der Waals surface area contributed by atoms with E-state index in [1.807, 2.05) is 19.1 Å². The van der Waals surface area contributed by atoms with Crippen LogP contribution in [-0.2, 0) is 4.79 Å². The van der Waals surface area contributed by atoms with Gasteiger partial charge >= 0.3 is 0 Å². The Bertz CT molecular complexity index is 776. The average Bonchev–Trinajstić information content (AvgIpc) is 3.02. The number of nitrogens with zero attached hydrogens (tertiary/aromatic N) is 1. The summed E-state index contributed by atoms with van der Waals surface area (Å²) in [5, 5.41) is 2.86. The first-order chi connectivity index (χ1) is 13.7. The van der Waals surface area contributed by atoms with Gasteiger partial charge < -0.3 is 15.0 Å². The molecule has 2 aromatic rings. The molecule has 148 valence electrons. The molecular weight excluding hydrogens is 352 g/mol. The van der Waals surface area contributed by atoms with Crippen LogP contribution < -0.4 is 15.0 Å². The SMILES string of the molecule is CCC(=O)c1ccc(OCC(=O)Nc2ccc(N3CCCCCC3)cc2)cc1. The summed E-state index contributed by atoms with van der Waals surface area (Å²) in [6.07, 6.45) is 5.57. The van der Waals surface area contributed by atoms with Crippen LogP contribution in [0.5, 0.6) is 5.75 Å². The van der Waals surface area contributed by atoms with E-state index in [-0.39, 0.29) is 18.3 Å². The Morgan fingerprint density at radius 1 is 0.929 bits per heavy atom. The van der Waals surface area contributed by atoms with Crippen LogP contribution in [0, 0.1) is 0 Å². The minimum Gasteiger partial charge on any atom is -0.484 e. The third-order valence-corrected chi connectivity index (χ3v) is 4.99. The van der Waals surface area contributed by atoms with Gasteiger partial charge in [-0.1, -0.05) is 19.8 Å². The van der Waals surface area contributed by atoms with Gasteiger partial charge in [-0.2, -0.15) is 0 Å². The molecule has 3 rings (SSSR count). The van der Waals surface area contributed by atoms with Crippen molar-refractivity contribution in [1.82, 2.24) is 0 Å². The molecule has 0 aromatic heterocycles. The van der Waals surface area contributed by atoms with Crippen LogP contribution in [-0.4, -0.2) is 31.4 Å². The van der Waals surface area contributed by atoms with E-state index in [0.29, 0.717) is 17.7 Å². The number of Topliss-reactive ketones (excluding diaryl/α,β-unsaturated/α-hetero) is 1. The molecule has 0 spiro atoms. The summed E-state index contributed by atoms with van der Waals surface area (Å²) in [5.41, 5.74) is 2.62. The fraction of sp³-hybridized carbons (Fsp3) is 0.391. The second kappa shape index (κ2) is 9.93. The van der Waals surface area contributed by atoms with Gasteiger partial charge in [-0.15, -0.1) is 0 Å². The van der Waals surface area contributed by atoms with Crippen molar-refractivity contribution in [2.75, 3.05) is 29.9 Å². The maximum Gasteiger partial charge on any atom is 0.262 e. The first-order valence-electron chi connectivity index (χ1n) is 10.1. The number of carbonyl (C=O) groups is 2. The Balaban J connectivity index is 1.48. The lowest BCUT2D eigenvalue weighted by atomic mass is 10.1. The molecule has 0 unspecified atom stereocenters. The molecule has 0 aliphatic carbocycles. The molecule has 1 N–H and O–H groups in total. The normalized spacial score (nSPS) is 14.2. The number of nitrogens with one attached hydrogen (secondary N) is 1. The second-order valence-corrected chi connectivity index (χ2v) is 7.09. The Labute approximate surface area is 166 Å². The Hall–Kier alpha value is -2.82. The van der Waals surface area contributed by atoms with Crippen LogP contribution in [0.4, 0.5) is 11.4 Å². The molecule has 0 saturated carbocycles. The molecule has 0 radical (unpaired) electrons. The molecule has 1 aliphatic heterocycles. The van der Waals surface area contributed by atoms with E-state index in [2.05, 4.69) is 22.3 Å². The number of hydrogen-bond donors (Lipinski definition) is 1. The molecule has 1 fully saturated rings. The largest absolute Gasteiger partial charge is 0.484 e. The number of benzene rings is 2. The van der Waals surface area contributed by atoms with Crippen molar-refractivity contribution in [2.45, 2.75) is 39.0 Å². The van der Waals surface area contributed by atoms with Crippen LogP contribution in [0.15, 0.2) is 48.5 Å². The number of amides is 1. The summed E-state index contributed by atoms with van der Waals surface area (Å²) >= 11 is 0. The lowest BCUT2D eigenvalue weighted by Gasteiger charge is -2.22. The number of rotatable bonds is 7. The monoisotopic (exact) mass is 380 g/mol. The Morgan fingerprint density at radius 3 is 2.18 bits per heavy atom. The zero-order chi connectivity index (χ0) is 19.8. The van der Waals surface area contributed by atoms with Gasteiger partial charge in [0.15, 0.2) is 12.4 Å². The molecule has 1 aliphatic rings. The molecule has 1 saturated heterocycles. The van der Waals surface area contributed by atoms with Crippen molar-refractivity contribution >= 4 is 23.1 Å². The minimum absolute atomic E-state index is 0.0745. The first-order valence-corrected chi connectivity index (χ1v) is 10.1. The maximum absolute atomic E-state index is 12.1. The van der Waals surface area contributed by atoms with E-state index in [4.69, 9.17) is 4.74 Å². The highest BCUT2D eigenvalue weighted by Gasteiger charge is 2.10. The smallest absolute Gasteiger partial charge is 0.262 e. The van der Waals surface area contributed by atoms with Crippen LogP contribution in [0.1, 0.15) is 49.4 Å². The van der Waals surface area contributed by atoms with Gasteiger partial charge in [0.2, 0.25) is 0 Å². The lowest BCUT2D eigenvalue weighted by Crippen LogP contribution is -2.24. The minimum atomic E-state index is -0.212. The zero-order valence-electron chi connectivity index (χ0n) is 16.4. The van der Waals surface area contributed by atoms with Gasteiger partial charge in [-0.3, -0.25) is 9.59 Å². The standard InChI is InChI=1S/C23H28N2O3/c1-2-22(26)18-7-13-21(14-8-18)28-17-23(27)24-19-9-11-20(12-10-19)25-15-5-3-4-6-16-25/h7-14H,2-6,15-17H2,1H3,(H,24,27). The fourth-order valence-electron chi connectivity index (χ4n) is 3.37. The zero-order valence-corrected chi connectivity index (χ0v) is 16.4. The third kappa shape index (κ3) is 5.59. The second-order valence-electron chi connectivity index (χ2n) is 7.09. The van der Waals surface area contributed by atoms with Crippen molar-refractivity contribution in [2.24, 2.45) is 0 Å². The van der Waals surface area contributed by atoms with Gasteiger partial charge in [0.05, 0.1) is 0 Å². The van der Waals surface area contributed by atoms with Crippen molar-refractivity contribution in [3.05, 3.63) is 54.1 Å². The molecule has 1 amide bonds. The summed E-state index contributed by atoms with van der Waals surface area (Å²) in [7, 11) is 0. The van der Waals surface area contributed by atoms with Crippen molar-refractivity contribution < 1.29 is 14.3 Å². The maximum atomic E-state index is 12.1. The Kier molecular flexibility index (Phi) is 7.06. The topological polar surface area (TPSA) is 58.6 Å². The molecule has 1 heterocycles. The predicted molar refractivity (Wildman–Crippen MR) is 112 cm³/mol. The van der Waals surface area contributed by atoms with E-state index in [0.717, 1.165) is 18.8 Å². The quantitative estimate of drug-likeness (QED) is 0.709. The third-order valence-electron chi connectivity index (χ3n) is 4.99. The Morgan fingerprint density at radius 2 is 1.57 bits per heavy atom. The molecular formula is C23H28N2O3. The van der Waals surface area contributed by atoms with E-state index < -0.39 is 0 Å². The first kappa shape index (κ1) is 19.9. The highest BCUT2D eigenvalue weighted by atomic mass is 16.5. The highest BCUT2D eigenvalue weighted by molar-refractivity contribution is 5.96. The van der Waals surface area contributed by atoms with Gasteiger partial charge in [-0.05, 0) is 61.4 Å². The molecule has 0 bridgehead atoms. The number of anilines is 2. The molecule has 2 aromatic carbocycles. The molecule has 5 nitrogen and oxygen atoms in total. The number of ether oxygens (including phenoxy) is 1. The predicted octanol–water partition coefficient (Wildman–Crippen LogP) is 4.68. The molecule has 5 heteroatoms. The van der Waals surface area contributed by atoms with Crippen LogP contribution in [0.2, 0.25) is 0 Å². The van der Waals surface area contributed by atoms with E-state index in [9.17, 15) is 9.59 Å². The van der Waals surface area contributed by atoms with Crippen LogP contribution >= 0.6 is 0 Å². The highest BCUT2D eigenvalue weighted by Crippen LogP contribution is 2.21. The number of carbonyl (C=O) groups excluding carboxylic acids is 2. The van der Waals surface area contributed by atoms with Gasteiger partial charge in [0.1, 0.15) is 5.75 Å². The van der Waals surface area contributed by atoms with E-state index in [1.54, 1.807) is 24.3 Å². The summed E-state index contributed by atoms with van der Waals surface area (Å²) in [4.78, 5) is 26.2. The van der Waals surface area contributed by atoms with Gasteiger partial charge in [-0.25, -0.2) is 0 Å². The molecule has 0 atom stereocenters. The van der Waals surface area contributed by atoms with Gasteiger partial charge in [0, 0.05) is 36.4 Å². The van der Waals surface area contributed by atoms with Crippen molar-refractivity contribution in [3.63, 3.8) is 0 Å². The number of hydrogen-bond acceptors (Lipinski definition) is 4. The van der Waals surface area contributed by atoms with Crippen LogP contribution in [0.3, 0.4) is 0 Å². The van der Waals surface area contributed by atoms with Crippen molar-refractivity contribution in [3.8, 4) is 5.75 Å². The van der Waals surface area contributed by atoms with Gasteiger partial charge in [0.25, 0.3) is 5.91 Å². The summed E-state index contributed by atoms with van der Waals surface area (Å²) in [6.45, 7) is 3.96.